The van der Waals surface area contributed by atoms with Crippen molar-refractivity contribution in [3.8, 4) is 11.4 Å². The van der Waals surface area contributed by atoms with E-state index in [2.05, 4.69) is 15.3 Å². The molecule has 1 heterocycles. The molecule has 0 aliphatic heterocycles. The highest BCUT2D eigenvalue weighted by atomic mass is 19.4. The molecule has 160 valence electrons. The van der Waals surface area contributed by atoms with Gasteiger partial charge < -0.3 is 10.1 Å². The summed E-state index contributed by atoms with van der Waals surface area (Å²) >= 11 is 0. The normalized spacial score (nSPS) is 11.1. The number of hydrogen-bond donors (Lipinski definition) is 1. The summed E-state index contributed by atoms with van der Waals surface area (Å²) in [5.41, 5.74) is 1.04. The van der Waals surface area contributed by atoms with Crippen LogP contribution < -0.4 is 5.32 Å². The number of carbonyl (C=O) groups excluding carboxylic acids is 2. The van der Waals surface area contributed by atoms with Crippen LogP contribution in [-0.4, -0.2) is 28.5 Å². The van der Waals surface area contributed by atoms with Gasteiger partial charge in [-0.3, -0.25) is 4.79 Å². The average Bonchev–Trinajstić information content (AvgIpc) is 2.73. The molecular weight excluding hydrogens is 411 g/mol. The number of anilines is 1. The topological polar surface area (TPSA) is 81.2 Å². The van der Waals surface area contributed by atoms with Crippen molar-refractivity contribution in [3.63, 3.8) is 0 Å². The molecule has 0 saturated carbocycles. The van der Waals surface area contributed by atoms with Crippen LogP contribution in [0.15, 0.2) is 54.7 Å². The minimum atomic E-state index is -4.42. The molecule has 0 saturated heterocycles. The van der Waals surface area contributed by atoms with E-state index in [0.717, 1.165) is 12.1 Å². The number of carbonyl (C=O) groups is 2. The van der Waals surface area contributed by atoms with Crippen LogP contribution in [0.4, 0.5) is 18.9 Å². The predicted molar refractivity (Wildman–Crippen MR) is 108 cm³/mol. The zero-order valence-electron chi connectivity index (χ0n) is 16.7. The number of benzene rings is 2. The van der Waals surface area contributed by atoms with E-state index >= 15 is 0 Å². The van der Waals surface area contributed by atoms with E-state index in [0.29, 0.717) is 22.5 Å². The average molecular weight is 429 g/mol. The fourth-order valence-corrected chi connectivity index (χ4v) is 2.74. The SMILES string of the molecule is CCOC(=O)c1ccc(NC(=O)c2cnc(-c3ccc(C(F)(F)F)cc3)nc2C)cc1. The van der Waals surface area contributed by atoms with Crippen molar-refractivity contribution in [2.75, 3.05) is 11.9 Å². The summed E-state index contributed by atoms with van der Waals surface area (Å²) in [7, 11) is 0. The second-order valence-corrected chi connectivity index (χ2v) is 6.52. The summed E-state index contributed by atoms with van der Waals surface area (Å²) in [5, 5.41) is 2.68. The molecule has 1 amide bonds. The summed E-state index contributed by atoms with van der Waals surface area (Å²) in [6, 6.07) is 10.7. The Bertz CT molecular complexity index is 1100. The number of hydrogen-bond acceptors (Lipinski definition) is 5. The number of halogens is 3. The van der Waals surface area contributed by atoms with Crippen molar-refractivity contribution < 1.29 is 27.5 Å². The summed E-state index contributed by atoms with van der Waals surface area (Å²) in [6.07, 6.45) is -3.11. The molecular formula is C22H18F3N3O3. The molecule has 2 aromatic carbocycles. The second kappa shape index (κ2) is 8.95. The zero-order valence-corrected chi connectivity index (χ0v) is 16.7. The van der Waals surface area contributed by atoms with Gasteiger partial charge in [-0.25, -0.2) is 14.8 Å². The second-order valence-electron chi connectivity index (χ2n) is 6.52. The Balaban J connectivity index is 1.73. The molecule has 9 heteroatoms. The molecule has 31 heavy (non-hydrogen) atoms. The number of amides is 1. The largest absolute Gasteiger partial charge is 0.462 e. The number of ether oxygens (including phenoxy) is 1. The number of alkyl halides is 3. The molecule has 0 unspecified atom stereocenters. The minimum absolute atomic E-state index is 0.210. The lowest BCUT2D eigenvalue weighted by molar-refractivity contribution is -0.137. The third-order valence-electron chi connectivity index (χ3n) is 4.35. The molecule has 0 spiro atoms. The van der Waals surface area contributed by atoms with E-state index in [4.69, 9.17) is 4.74 Å². The maximum absolute atomic E-state index is 12.7. The summed E-state index contributed by atoms with van der Waals surface area (Å²) in [6.45, 7) is 3.58. The van der Waals surface area contributed by atoms with E-state index in [9.17, 15) is 22.8 Å². The van der Waals surface area contributed by atoms with Crippen LogP contribution in [0.5, 0.6) is 0 Å². The Morgan fingerprint density at radius 2 is 1.68 bits per heavy atom. The number of aromatic nitrogens is 2. The van der Waals surface area contributed by atoms with Crippen molar-refractivity contribution >= 4 is 17.6 Å². The number of nitrogens with one attached hydrogen (secondary N) is 1. The molecule has 3 aromatic rings. The fourth-order valence-electron chi connectivity index (χ4n) is 2.74. The number of nitrogens with zero attached hydrogens (tertiary/aromatic N) is 2. The van der Waals surface area contributed by atoms with Gasteiger partial charge in [0, 0.05) is 17.4 Å². The lowest BCUT2D eigenvalue weighted by Crippen LogP contribution is -2.15. The molecule has 0 aliphatic carbocycles. The highest BCUT2D eigenvalue weighted by Crippen LogP contribution is 2.30. The van der Waals surface area contributed by atoms with Gasteiger partial charge in [0.25, 0.3) is 5.91 Å². The van der Waals surface area contributed by atoms with Crippen LogP contribution in [0.3, 0.4) is 0 Å². The lowest BCUT2D eigenvalue weighted by Gasteiger charge is -2.10. The lowest BCUT2D eigenvalue weighted by atomic mass is 10.1. The van der Waals surface area contributed by atoms with Crippen molar-refractivity contribution in [1.82, 2.24) is 9.97 Å². The Kier molecular flexibility index (Phi) is 6.33. The van der Waals surface area contributed by atoms with Crippen molar-refractivity contribution in [2.45, 2.75) is 20.0 Å². The maximum Gasteiger partial charge on any atom is 0.416 e. The Hall–Kier alpha value is -3.75. The molecule has 3 rings (SSSR count). The molecule has 0 aliphatic rings. The van der Waals surface area contributed by atoms with Gasteiger partial charge >= 0.3 is 12.1 Å². The third kappa shape index (κ3) is 5.25. The van der Waals surface area contributed by atoms with Crippen LogP contribution >= 0.6 is 0 Å². The third-order valence-corrected chi connectivity index (χ3v) is 4.35. The fraction of sp³-hybridized carbons (Fsp3) is 0.182. The molecule has 6 nitrogen and oxygen atoms in total. The van der Waals surface area contributed by atoms with Gasteiger partial charge in [-0.2, -0.15) is 13.2 Å². The number of rotatable bonds is 5. The van der Waals surface area contributed by atoms with Crippen molar-refractivity contribution in [2.24, 2.45) is 0 Å². The van der Waals surface area contributed by atoms with Gasteiger partial charge in [0.05, 0.1) is 29.0 Å². The predicted octanol–water partition coefficient (Wildman–Crippen LogP) is 4.90. The van der Waals surface area contributed by atoms with Gasteiger partial charge in [0.1, 0.15) is 0 Å². The maximum atomic E-state index is 12.7. The molecule has 0 atom stereocenters. The highest BCUT2D eigenvalue weighted by molar-refractivity contribution is 6.05. The quantitative estimate of drug-likeness (QED) is 0.584. The van der Waals surface area contributed by atoms with Crippen LogP contribution in [0, 0.1) is 6.92 Å². The van der Waals surface area contributed by atoms with Crippen LogP contribution in [-0.2, 0) is 10.9 Å². The molecule has 1 aromatic heterocycles. The summed E-state index contributed by atoms with van der Waals surface area (Å²) in [4.78, 5) is 32.6. The first-order valence-electron chi connectivity index (χ1n) is 9.29. The monoisotopic (exact) mass is 429 g/mol. The minimum Gasteiger partial charge on any atom is -0.462 e. The van der Waals surface area contributed by atoms with E-state index < -0.39 is 23.6 Å². The Labute approximate surface area is 176 Å². The number of esters is 1. The Morgan fingerprint density at radius 3 is 2.23 bits per heavy atom. The van der Waals surface area contributed by atoms with Gasteiger partial charge in [-0.1, -0.05) is 12.1 Å². The summed E-state index contributed by atoms with van der Waals surface area (Å²) < 4.78 is 43.0. The van der Waals surface area contributed by atoms with E-state index in [-0.39, 0.29) is 18.0 Å². The molecule has 0 bridgehead atoms. The first-order chi connectivity index (χ1) is 14.7. The van der Waals surface area contributed by atoms with Crippen molar-refractivity contribution in [1.29, 1.82) is 0 Å². The van der Waals surface area contributed by atoms with Gasteiger partial charge in [0.2, 0.25) is 0 Å². The number of aryl methyl sites for hydroxylation is 1. The first kappa shape index (κ1) is 21.9. The molecule has 0 fully saturated rings. The smallest absolute Gasteiger partial charge is 0.416 e. The van der Waals surface area contributed by atoms with E-state index in [1.165, 1.54) is 30.5 Å². The first-order valence-corrected chi connectivity index (χ1v) is 9.29. The Morgan fingerprint density at radius 1 is 1.03 bits per heavy atom. The zero-order chi connectivity index (χ0) is 22.6. The van der Waals surface area contributed by atoms with Crippen LogP contribution in [0.25, 0.3) is 11.4 Å². The van der Waals surface area contributed by atoms with Crippen molar-refractivity contribution in [3.05, 3.63) is 77.1 Å². The van der Waals surface area contributed by atoms with E-state index in [1.54, 1.807) is 26.0 Å². The van der Waals surface area contributed by atoms with Crippen LogP contribution in [0.1, 0.15) is 38.9 Å². The highest BCUT2D eigenvalue weighted by Gasteiger charge is 2.30. The van der Waals surface area contributed by atoms with Gasteiger partial charge in [0.15, 0.2) is 5.82 Å². The molecule has 0 radical (unpaired) electrons. The standard InChI is InChI=1S/C22H18F3N3O3/c1-3-31-21(30)15-6-10-17(11-7-15)28-20(29)18-12-26-19(27-13(18)2)14-4-8-16(9-5-14)22(23,24)25/h4-12H,3H2,1-2H3,(H,28,29). The van der Waals surface area contributed by atoms with Gasteiger partial charge in [-0.15, -0.1) is 0 Å². The molecule has 1 N–H and O–H groups in total. The van der Waals surface area contributed by atoms with Crippen LogP contribution in [0.2, 0.25) is 0 Å². The van der Waals surface area contributed by atoms with Gasteiger partial charge in [-0.05, 0) is 50.2 Å². The van der Waals surface area contributed by atoms with E-state index in [1.807, 2.05) is 0 Å². The summed E-state index contributed by atoms with van der Waals surface area (Å²) in [5.74, 6) is -0.703.